The molecule has 0 aromatic heterocycles. The maximum absolute atomic E-state index is 9.11. The van der Waals surface area contributed by atoms with Gasteiger partial charge in [-0.15, -0.1) is 0 Å². The maximum atomic E-state index is 9.11. The van der Waals surface area contributed by atoms with Gasteiger partial charge in [0, 0.05) is 6.92 Å². The lowest BCUT2D eigenvalue weighted by Gasteiger charge is -2.07. The van der Waals surface area contributed by atoms with E-state index in [1.54, 1.807) is 0 Å². The highest BCUT2D eigenvalue weighted by Crippen LogP contribution is 2.20. The second-order valence-electron chi connectivity index (χ2n) is 4.54. The smallest absolute Gasteiger partial charge is 0.221 e. The van der Waals surface area contributed by atoms with E-state index < -0.39 is 6.29 Å². The molecule has 2 aromatic carbocycles. The Morgan fingerprint density at radius 3 is 2.20 bits per heavy atom. The molecule has 104 valence electrons. The van der Waals surface area contributed by atoms with E-state index in [0.717, 1.165) is 17.7 Å². The third-order valence-corrected chi connectivity index (χ3v) is 2.98. The Labute approximate surface area is 119 Å². The summed E-state index contributed by atoms with van der Waals surface area (Å²) in [5.41, 5.74) is 4.19. The number of rotatable bonds is 5. The predicted molar refractivity (Wildman–Crippen MR) is 81.5 cm³/mol. The second-order valence-corrected chi connectivity index (χ2v) is 4.54. The fraction of sp³-hybridized carbons (Fsp3) is 0.235. The van der Waals surface area contributed by atoms with E-state index in [0.29, 0.717) is 0 Å². The Kier molecular flexibility index (Phi) is 4.91. The fourth-order valence-corrected chi connectivity index (χ4v) is 1.95. The molecular formula is C17H19NO2. The SMILES string of the molecule is CCC(=NOC(C)O)c1ccc(-c2ccccc2)cc1. The molecule has 0 spiro atoms. The summed E-state index contributed by atoms with van der Waals surface area (Å²) in [6.45, 7) is 3.55. The molecule has 0 heterocycles. The molecule has 0 amide bonds. The summed E-state index contributed by atoms with van der Waals surface area (Å²) >= 11 is 0. The highest BCUT2D eigenvalue weighted by molar-refractivity contribution is 6.00. The molecule has 0 fully saturated rings. The molecule has 1 N–H and O–H groups in total. The standard InChI is InChI=1S/C17H19NO2/c1-3-17(18-20-13(2)19)16-11-9-15(10-12-16)14-7-5-4-6-8-14/h4-13,19H,3H2,1-2H3. The van der Waals surface area contributed by atoms with Crippen LogP contribution < -0.4 is 0 Å². The summed E-state index contributed by atoms with van der Waals surface area (Å²) in [4.78, 5) is 4.91. The van der Waals surface area contributed by atoms with Crippen molar-refractivity contribution in [2.75, 3.05) is 0 Å². The van der Waals surface area contributed by atoms with Crippen molar-refractivity contribution >= 4 is 5.71 Å². The minimum Gasteiger partial charge on any atom is -0.364 e. The number of aliphatic hydroxyl groups is 1. The fourth-order valence-electron chi connectivity index (χ4n) is 1.95. The first-order valence-electron chi connectivity index (χ1n) is 6.77. The molecule has 0 radical (unpaired) electrons. The first-order chi connectivity index (χ1) is 9.70. The van der Waals surface area contributed by atoms with Gasteiger partial charge in [0.2, 0.25) is 6.29 Å². The van der Waals surface area contributed by atoms with Crippen LogP contribution in [0.5, 0.6) is 0 Å². The van der Waals surface area contributed by atoms with Crippen LogP contribution in [0.1, 0.15) is 25.8 Å². The van der Waals surface area contributed by atoms with Crippen LogP contribution in [0.15, 0.2) is 59.8 Å². The summed E-state index contributed by atoms with van der Waals surface area (Å²) in [5, 5.41) is 13.1. The van der Waals surface area contributed by atoms with E-state index in [-0.39, 0.29) is 0 Å². The Hall–Kier alpha value is -2.13. The van der Waals surface area contributed by atoms with Crippen molar-refractivity contribution in [3.63, 3.8) is 0 Å². The van der Waals surface area contributed by atoms with E-state index in [4.69, 9.17) is 9.94 Å². The van der Waals surface area contributed by atoms with Crippen LogP contribution >= 0.6 is 0 Å². The molecule has 1 atom stereocenters. The van der Waals surface area contributed by atoms with Crippen LogP contribution in [-0.4, -0.2) is 17.1 Å². The lowest BCUT2D eigenvalue weighted by atomic mass is 10.0. The number of nitrogens with zero attached hydrogens (tertiary/aromatic N) is 1. The van der Waals surface area contributed by atoms with Crippen molar-refractivity contribution in [1.82, 2.24) is 0 Å². The second kappa shape index (κ2) is 6.87. The molecule has 2 rings (SSSR count). The minimum atomic E-state index is -0.889. The molecule has 0 aliphatic carbocycles. The quantitative estimate of drug-likeness (QED) is 0.509. The Bertz CT molecular complexity index is 559. The molecule has 0 saturated carbocycles. The van der Waals surface area contributed by atoms with Crippen molar-refractivity contribution in [3.8, 4) is 11.1 Å². The Morgan fingerprint density at radius 2 is 1.65 bits per heavy atom. The van der Waals surface area contributed by atoms with Crippen molar-refractivity contribution in [1.29, 1.82) is 0 Å². The minimum absolute atomic E-state index is 0.747. The van der Waals surface area contributed by atoms with Gasteiger partial charge >= 0.3 is 0 Å². The third-order valence-electron chi connectivity index (χ3n) is 2.98. The average molecular weight is 269 g/mol. The van der Waals surface area contributed by atoms with E-state index in [1.807, 2.05) is 37.3 Å². The molecule has 0 aliphatic heterocycles. The maximum Gasteiger partial charge on any atom is 0.221 e. The number of hydrogen-bond donors (Lipinski definition) is 1. The molecule has 3 nitrogen and oxygen atoms in total. The average Bonchev–Trinajstić information content (AvgIpc) is 2.49. The van der Waals surface area contributed by atoms with Gasteiger partial charge in [0.05, 0.1) is 5.71 Å². The van der Waals surface area contributed by atoms with Gasteiger partial charge in [-0.3, -0.25) is 0 Å². The van der Waals surface area contributed by atoms with Crippen molar-refractivity contribution in [3.05, 3.63) is 60.2 Å². The molecule has 3 heteroatoms. The van der Waals surface area contributed by atoms with Crippen LogP contribution in [0.25, 0.3) is 11.1 Å². The summed E-state index contributed by atoms with van der Waals surface area (Å²) in [6, 6.07) is 18.4. The van der Waals surface area contributed by atoms with Crippen molar-refractivity contribution in [2.24, 2.45) is 5.16 Å². The number of aliphatic hydroxyl groups excluding tert-OH is 1. The number of oxime groups is 1. The predicted octanol–water partition coefficient (Wildman–Crippen LogP) is 3.82. The Balaban J connectivity index is 2.21. The van der Waals surface area contributed by atoms with Gasteiger partial charge in [-0.05, 0) is 23.1 Å². The zero-order chi connectivity index (χ0) is 14.4. The normalized spacial score (nSPS) is 13.1. The highest BCUT2D eigenvalue weighted by atomic mass is 16.7. The van der Waals surface area contributed by atoms with Gasteiger partial charge in [0.15, 0.2) is 0 Å². The third kappa shape index (κ3) is 3.68. The topological polar surface area (TPSA) is 41.8 Å². The van der Waals surface area contributed by atoms with Gasteiger partial charge in [-0.1, -0.05) is 66.7 Å². The van der Waals surface area contributed by atoms with Crippen LogP contribution in [0.4, 0.5) is 0 Å². The summed E-state index contributed by atoms with van der Waals surface area (Å²) in [6.07, 6.45) is -0.141. The van der Waals surface area contributed by atoms with Crippen LogP contribution in [0.3, 0.4) is 0 Å². The van der Waals surface area contributed by atoms with Crippen molar-refractivity contribution in [2.45, 2.75) is 26.6 Å². The molecule has 1 unspecified atom stereocenters. The Morgan fingerprint density at radius 1 is 1.05 bits per heavy atom. The van der Waals surface area contributed by atoms with Crippen LogP contribution in [0, 0.1) is 0 Å². The monoisotopic (exact) mass is 269 g/mol. The van der Waals surface area contributed by atoms with E-state index in [9.17, 15) is 0 Å². The molecule has 2 aromatic rings. The van der Waals surface area contributed by atoms with Gasteiger partial charge in [-0.2, -0.15) is 0 Å². The first kappa shape index (κ1) is 14.3. The highest BCUT2D eigenvalue weighted by Gasteiger charge is 2.04. The van der Waals surface area contributed by atoms with E-state index in [1.165, 1.54) is 18.1 Å². The van der Waals surface area contributed by atoms with E-state index >= 15 is 0 Å². The lowest BCUT2D eigenvalue weighted by molar-refractivity contribution is -0.0838. The molecule has 20 heavy (non-hydrogen) atoms. The zero-order valence-corrected chi connectivity index (χ0v) is 11.8. The van der Waals surface area contributed by atoms with Gasteiger partial charge in [-0.25, -0.2) is 0 Å². The van der Waals surface area contributed by atoms with Crippen LogP contribution in [-0.2, 0) is 4.84 Å². The lowest BCUT2D eigenvalue weighted by Crippen LogP contribution is -2.06. The number of benzene rings is 2. The molecule has 0 aliphatic rings. The largest absolute Gasteiger partial charge is 0.364 e. The van der Waals surface area contributed by atoms with Crippen LogP contribution in [0.2, 0.25) is 0 Å². The van der Waals surface area contributed by atoms with Gasteiger partial charge < -0.3 is 9.94 Å². The molecule has 0 saturated heterocycles. The molecular weight excluding hydrogens is 250 g/mol. The van der Waals surface area contributed by atoms with Gasteiger partial charge in [0.1, 0.15) is 0 Å². The molecule has 0 bridgehead atoms. The number of hydrogen-bond acceptors (Lipinski definition) is 3. The summed E-state index contributed by atoms with van der Waals surface area (Å²) in [7, 11) is 0. The first-order valence-corrected chi connectivity index (χ1v) is 6.77. The van der Waals surface area contributed by atoms with E-state index in [2.05, 4.69) is 29.4 Å². The summed E-state index contributed by atoms with van der Waals surface area (Å²) in [5.74, 6) is 0. The van der Waals surface area contributed by atoms with Gasteiger partial charge in [0.25, 0.3) is 0 Å². The van der Waals surface area contributed by atoms with Crippen molar-refractivity contribution < 1.29 is 9.94 Å². The summed E-state index contributed by atoms with van der Waals surface area (Å²) < 4.78 is 0. The zero-order valence-electron chi connectivity index (χ0n) is 11.8.